The summed E-state index contributed by atoms with van der Waals surface area (Å²) in [5, 5.41) is 0. The van der Waals surface area contributed by atoms with Crippen LogP contribution in [0.15, 0.2) is 18.2 Å². The quantitative estimate of drug-likeness (QED) is 0.249. The summed E-state index contributed by atoms with van der Waals surface area (Å²) in [7, 11) is 0. The van der Waals surface area contributed by atoms with Crippen LogP contribution in [0.1, 0.15) is 92.1 Å². The highest BCUT2D eigenvalue weighted by Gasteiger charge is 2.27. The van der Waals surface area contributed by atoms with Crippen LogP contribution in [0.5, 0.6) is 11.5 Å². The molecule has 1 aromatic rings. The molecule has 1 aliphatic rings. The van der Waals surface area contributed by atoms with Crippen molar-refractivity contribution in [3.63, 3.8) is 0 Å². The van der Waals surface area contributed by atoms with Gasteiger partial charge in [-0.3, -0.25) is 14.4 Å². The molecule has 10 heteroatoms. The number of carbonyl (C=O) groups is 4. The first-order valence-corrected chi connectivity index (χ1v) is 14.2. The van der Waals surface area contributed by atoms with Crippen molar-refractivity contribution < 1.29 is 42.9 Å². The average molecular weight is 564 g/mol. The lowest BCUT2D eigenvalue weighted by molar-refractivity contribution is -0.156. The molecule has 40 heavy (non-hydrogen) atoms. The molecular weight excluding hydrogens is 518 g/mol. The van der Waals surface area contributed by atoms with Gasteiger partial charge < -0.3 is 29.4 Å². The Morgan fingerprint density at radius 3 is 1.93 bits per heavy atom. The van der Waals surface area contributed by atoms with Gasteiger partial charge in [-0.15, -0.1) is 0 Å². The minimum Gasteiger partial charge on any atom is -0.458 e. The first-order chi connectivity index (χ1) is 18.8. The fourth-order valence-electron chi connectivity index (χ4n) is 4.14. The van der Waals surface area contributed by atoms with Crippen LogP contribution in [0.25, 0.3) is 0 Å². The van der Waals surface area contributed by atoms with E-state index in [0.717, 1.165) is 32.1 Å². The van der Waals surface area contributed by atoms with Crippen LogP contribution < -0.4 is 15.2 Å². The Morgan fingerprint density at radius 1 is 0.800 bits per heavy atom. The summed E-state index contributed by atoms with van der Waals surface area (Å²) in [6.07, 6.45) is 2.87. The summed E-state index contributed by atoms with van der Waals surface area (Å²) in [5.74, 6) is -1.24. The van der Waals surface area contributed by atoms with E-state index in [9.17, 15) is 19.2 Å². The number of hydrogen-bond donors (Lipinski definition) is 1. The zero-order chi connectivity index (χ0) is 29.8. The molecule has 0 spiro atoms. The van der Waals surface area contributed by atoms with Crippen LogP contribution in [-0.4, -0.2) is 48.4 Å². The molecule has 0 radical (unpaired) electrons. The lowest BCUT2D eigenvalue weighted by Gasteiger charge is -2.25. The Kier molecular flexibility index (Phi) is 13.4. The normalized spacial score (nSPS) is 16.1. The summed E-state index contributed by atoms with van der Waals surface area (Å²) in [5.41, 5.74) is 6.69. The van der Waals surface area contributed by atoms with E-state index >= 15 is 0 Å². The van der Waals surface area contributed by atoms with Gasteiger partial charge >= 0.3 is 24.1 Å². The molecule has 10 nitrogen and oxygen atoms in total. The second kappa shape index (κ2) is 16.2. The Balaban J connectivity index is 1.99. The molecule has 3 atom stereocenters. The van der Waals surface area contributed by atoms with Gasteiger partial charge in [0, 0.05) is 12.8 Å². The van der Waals surface area contributed by atoms with Gasteiger partial charge in [-0.25, -0.2) is 4.79 Å². The molecule has 0 saturated heterocycles. The summed E-state index contributed by atoms with van der Waals surface area (Å²) in [4.78, 5) is 49.4. The molecule has 2 rings (SSSR count). The van der Waals surface area contributed by atoms with E-state index in [2.05, 4.69) is 0 Å². The number of nitrogens with two attached hydrogens (primary N) is 1. The highest BCUT2D eigenvalue weighted by Crippen LogP contribution is 2.30. The molecular formula is C30H45NO9. The zero-order valence-electron chi connectivity index (χ0n) is 24.6. The van der Waals surface area contributed by atoms with Gasteiger partial charge in [0.15, 0.2) is 11.5 Å². The molecule has 0 bridgehead atoms. The molecule has 1 aromatic carbocycles. The van der Waals surface area contributed by atoms with Crippen LogP contribution in [0, 0.1) is 11.8 Å². The number of ether oxygens (including phenoxy) is 5. The van der Waals surface area contributed by atoms with Crippen molar-refractivity contribution in [2.45, 2.75) is 117 Å². The smallest absolute Gasteiger partial charge is 0.458 e. The van der Waals surface area contributed by atoms with Gasteiger partial charge in [0.1, 0.15) is 24.4 Å². The van der Waals surface area contributed by atoms with Crippen molar-refractivity contribution in [2.75, 3.05) is 0 Å². The van der Waals surface area contributed by atoms with Gasteiger partial charge in [-0.05, 0) is 75.5 Å². The first-order valence-electron chi connectivity index (χ1n) is 14.2. The van der Waals surface area contributed by atoms with Crippen molar-refractivity contribution in [1.29, 1.82) is 0 Å². The molecule has 2 N–H and O–H groups in total. The van der Waals surface area contributed by atoms with Gasteiger partial charge in [-0.1, -0.05) is 40.2 Å². The topological polar surface area (TPSA) is 140 Å². The summed E-state index contributed by atoms with van der Waals surface area (Å²) in [6.45, 7) is 10.8. The fourth-order valence-corrected chi connectivity index (χ4v) is 4.14. The standard InChI is InChI=1S/C30H45NO9/c1-18(2)14-27(32)39-25-13-12-22(17-26(25)40-28(33)15-19(3)4)16-24(31)29(34)36-20(5)21(6)37-30(35)38-23-10-8-7-9-11-23/h12-13,17-21,23-24H,7-11,14-16,31H2,1-6H3/t20-,21-,24-/m0/s1. The molecule has 0 unspecified atom stereocenters. The van der Waals surface area contributed by atoms with Gasteiger partial charge in [0.25, 0.3) is 0 Å². The Labute approximate surface area is 237 Å². The average Bonchev–Trinajstić information content (AvgIpc) is 2.85. The van der Waals surface area contributed by atoms with Gasteiger partial charge in [0.05, 0.1) is 0 Å². The number of hydrogen-bond acceptors (Lipinski definition) is 10. The highest BCUT2D eigenvalue weighted by molar-refractivity contribution is 5.77. The molecule has 0 aliphatic heterocycles. The summed E-state index contributed by atoms with van der Waals surface area (Å²) >= 11 is 0. The van der Waals surface area contributed by atoms with Crippen molar-refractivity contribution >= 4 is 24.1 Å². The number of carbonyl (C=O) groups excluding carboxylic acids is 4. The minimum atomic E-state index is -1.04. The lowest BCUT2D eigenvalue weighted by atomic mass is 9.98. The van der Waals surface area contributed by atoms with Crippen LogP contribution >= 0.6 is 0 Å². The Bertz CT molecular complexity index is 1000. The molecule has 0 aromatic heterocycles. The van der Waals surface area contributed by atoms with Crippen LogP contribution in [0.3, 0.4) is 0 Å². The molecule has 1 aliphatic carbocycles. The van der Waals surface area contributed by atoms with Crippen molar-refractivity contribution in [3.8, 4) is 11.5 Å². The molecule has 0 amide bonds. The van der Waals surface area contributed by atoms with Crippen molar-refractivity contribution in [1.82, 2.24) is 0 Å². The number of benzene rings is 1. The van der Waals surface area contributed by atoms with Crippen LogP contribution in [-0.2, 0) is 35.0 Å². The SMILES string of the molecule is CC(C)CC(=O)Oc1ccc(C[C@H](N)C(=O)O[C@@H](C)[C@H](C)OC(=O)OC2CCCCC2)cc1OC(=O)CC(C)C. The van der Waals surface area contributed by atoms with E-state index in [-0.39, 0.29) is 48.7 Å². The molecule has 1 saturated carbocycles. The predicted molar refractivity (Wildman–Crippen MR) is 148 cm³/mol. The van der Waals surface area contributed by atoms with Crippen molar-refractivity contribution in [3.05, 3.63) is 23.8 Å². The van der Waals surface area contributed by atoms with E-state index < -0.39 is 42.3 Å². The summed E-state index contributed by atoms with van der Waals surface area (Å²) < 4.78 is 27.0. The Morgan fingerprint density at radius 2 is 1.35 bits per heavy atom. The molecule has 1 fully saturated rings. The van der Waals surface area contributed by atoms with Gasteiger partial charge in [-0.2, -0.15) is 0 Å². The summed E-state index contributed by atoms with van der Waals surface area (Å²) in [6, 6.07) is 3.64. The third-order valence-corrected chi connectivity index (χ3v) is 6.42. The van der Waals surface area contributed by atoms with Crippen LogP contribution in [0.2, 0.25) is 0 Å². The number of esters is 3. The highest BCUT2D eigenvalue weighted by atomic mass is 16.7. The number of rotatable bonds is 13. The second-order valence-electron chi connectivity index (χ2n) is 11.3. The lowest BCUT2D eigenvalue weighted by Crippen LogP contribution is -2.39. The monoisotopic (exact) mass is 563 g/mol. The predicted octanol–water partition coefficient (Wildman–Crippen LogP) is 5.27. The van der Waals surface area contributed by atoms with Crippen LogP contribution in [0.4, 0.5) is 4.79 Å². The van der Waals surface area contributed by atoms with E-state index in [0.29, 0.717) is 5.56 Å². The second-order valence-corrected chi connectivity index (χ2v) is 11.3. The molecule has 0 heterocycles. The van der Waals surface area contributed by atoms with E-state index in [1.54, 1.807) is 19.9 Å². The van der Waals surface area contributed by atoms with E-state index in [1.165, 1.54) is 12.1 Å². The largest absolute Gasteiger partial charge is 0.508 e. The van der Waals surface area contributed by atoms with E-state index in [1.807, 2.05) is 27.7 Å². The first kappa shape index (κ1) is 33.1. The minimum absolute atomic E-state index is 0.0689. The maximum atomic E-state index is 12.7. The van der Waals surface area contributed by atoms with Gasteiger partial charge in [0.2, 0.25) is 0 Å². The molecule has 224 valence electrons. The third-order valence-electron chi connectivity index (χ3n) is 6.42. The Hall–Kier alpha value is -3.14. The maximum Gasteiger partial charge on any atom is 0.508 e. The van der Waals surface area contributed by atoms with E-state index in [4.69, 9.17) is 29.4 Å². The van der Waals surface area contributed by atoms with Crippen molar-refractivity contribution in [2.24, 2.45) is 17.6 Å². The zero-order valence-corrected chi connectivity index (χ0v) is 24.6. The maximum absolute atomic E-state index is 12.7. The fraction of sp³-hybridized carbons (Fsp3) is 0.667. The third kappa shape index (κ3) is 11.9.